The van der Waals surface area contributed by atoms with E-state index in [0.29, 0.717) is 28.6 Å². The average molecular weight is 475 g/mol. The van der Waals surface area contributed by atoms with Crippen LogP contribution in [0.15, 0.2) is 0 Å². The van der Waals surface area contributed by atoms with E-state index >= 15 is 0 Å². The molecule has 0 radical (unpaired) electrons. The second-order valence-electron chi connectivity index (χ2n) is 15.4. The number of aliphatic hydroxyl groups excluding tert-OH is 1. The van der Waals surface area contributed by atoms with E-state index in [1.807, 2.05) is 0 Å². The minimum absolute atomic E-state index is 0.0113. The maximum Gasteiger partial charge on any atom is 0.210 e. The standard InChI is InChI=1S/C30H50O4/c1-19(2)29-17-15-28(8)22-10-9-21-25(5)13-12-23(31)24(3,4)20(25)11-14-26(21,6)27(22,7)16-18-30(28,32-29)34-33-29/h19-23,31H,9-18H2,1-8H3/t20-,21-,22+,23-,25+,26+,27-,28-,29+,30+/m0/s1. The average Bonchev–Trinajstić information content (AvgIpc) is 3.10. The van der Waals surface area contributed by atoms with Gasteiger partial charge in [-0.15, -0.1) is 0 Å². The Kier molecular flexibility index (Phi) is 4.86. The highest BCUT2D eigenvalue weighted by Crippen LogP contribution is 2.78. The lowest BCUT2D eigenvalue weighted by atomic mass is 9.31. The van der Waals surface area contributed by atoms with Crippen LogP contribution >= 0.6 is 0 Å². The molecule has 2 saturated heterocycles. The lowest BCUT2D eigenvalue weighted by Crippen LogP contribution is -2.71. The topological polar surface area (TPSA) is 47.9 Å². The first kappa shape index (κ1) is 24.2. The van der Waals surface area contributed by atoms with E-state index in [1.54, 1.807) is 0 Å². The third kappa shape index (κ3) is 2.51. The van der Waals surface area contributed by atoms with Crippen molar-refractivity contribution in [2.45, 2.75) is 137 Å². The molecule has 0 aromatic carbocycles. The molecule has 6 aliphatic rings. The summed E-state index contributed by atoms with van der Waals surface area (Å²) in [5, 5.41) is 10.9. The Balaban J connectivity index is 1.37. The largest absolute Gasteiger partial charge is 0.393 e. The van der Waals surface area contributed by atoms with Crippen LogP contribution < -0.4 is 0 Å². The van der Waals surface area contributed by atoms with Crippen LogP contribution in [0.3, 0.4) is 0 Å². The van der Waals surface area contributed by atoms with E-state index < -0.39 is 11.6 Å². The molecular weight excluding hydrogens is 424 g/mol. The SMILES string of the molecule is CC(C)[C@@]12CC[C@@]3(C)[C@@H]4CC[C@H]5[C@]6(C)CC[C@H](O)C(C)(C)[C@@H]6CC[C@@]5(C)[C@@]4(C)CC[C@]3(OO1)O2. The van der Waals surface area contributed by atoms with Gasteiger partial charge in [-0.05, 0) is 90.8 Å². The molecule has 2 heterocycles. The minimum atomic E-state index is -0.582. The van der Waals surface area contributed by atoms with E-state index in [4.69, 9.17) is 14.5 Å². The maximum atomic E-state index is 10.9. The zero-order valence-corrected chi connectivity index (χ0v) is 23.1. The molecule has 4 aliphatic carbocycles. The van der Waals surface area contributed by atoms with Gasteiger partial charge in [-0.1, -0.05) is 55.4 Å². The number of ether oxygens (including phenoxy) is 1. The van der Waals surface area contributed by atoms with Crippen molar-refractivity contribution in [2.24, 2.45) is 50.7 Å². The van der Waals surface area contributed by atoms with Gasteiger partial charge in [-0.2, -0.15) is 9.78 Å². The molecule has 0 aromatic heterocycles. The lowest BCUT2D eigenvalue weighted by Gasteiger charge is -2.74. The normalized spacial score (nSPS) is 60.2. The minimum Gasteiger partial charge on any atom is -0.393 e. The molecule has 1 N–H and O–H groups in total. The Morgan fingerprint density at radius 3 is 2.00 bits per heavy atom. The summed E-state index contributed by atoms with van der Waals surface area (Å²) in [4.78, 5) is 12.4. The van der Waals surface area contributed by atoms with Crippen LogP contribution in [-0.4, -0.2) is 22.8 Å². The molecule has 6 rings (SSSR count). The molecule has 34 heavy (non-hydrogen) atoms. The van der Waals surface area contributed by atoms with Gasteiger partial charge < -0.3 is 9.84 Å². The Labute approximate surface area is 207 Å². The van der Waals surface area contributed by atoms with Crippen LogP contribution in [0, 0.1) is 50.7 Å². The number of fused-ring (bicyclic) bond motifs is 7. The van der Waals surface area contributed by atoms with Crippen molar-refractivity contribution in [1.29, 1.82) is 0 Å². The molecule has 4 saturated carbocycles. The molecule has 1 spiro atoms. The molecule has 2 aliphatic heterocycles. The molecule has 0 aromatic rings. The van der Waals surface area contributed by atoms with Crippen molar-refractivity contribution in [3.8, 4) is 0 Å². The summed E-state index contributed by atoms with van der Waals surface area (Å²) >= 11 is 0. The van der Waals surface area contributed by atoms with Crippen LogP contribution in [0.25, 0.3) is 0 Å². The van der Waals surface area contributed by atoms with E-state index in [0.717, 1.165) is 38.0 Å². The summed E-state index contributed by atoms with van der Waals surface area (Å²) in [6.07, 6.45) is 11.3. The Bertz CT molecular complexity index is 870. The van der Waals surface area contributed by atoms with Gasteiger partial charge in [-0.3, -0.25) is 0 Å². The zero-order chi connectivity index (χ0) is 24.6. The van der Waals surface area contributed by atoms with E-state index in [2.05, 4.69) is 55.4 Å². The first-order chi connectivity index (χ1) is 15.7. The summed E-state index contributed by atoms with van der Waals surface area (Å²) in [6, 6.07) is 0. The summed E-state index contributed by atoms with van der Waals surface area (Å²) in [7, 11) is 0. The lowest BCUT2D eigenvalue weighted by molar-refractivity contribution is -0.391. The summed E-state index contributed by atoms with van der Waals surface area (Å²) in [5.41, 5.74) is 0.916. The Hall–Kier alpha value is -0.160. The fourth-order valence-electron chi connectivity index (χ4n) is 11.5. The summed E-state index contributed by atoms with van der Waals surface area (Å²) in [6.45, 7) is 19.5. The van der Waals surface area contributed by atoms with Crippen molar-refractivity contribution in [3.05, 3.63) is 0 Å². The summed E-state index contributed by atoms with van der Waals surface area (Å²) in [5.74, 6) is 1.07. The molecule has 6 fully saturated rings. The van der Waals surface area contributed by atoms with Crippen LogP contribution in [0.2, 0.25) is 0 Å². The maximum absolute atomic E-state index is 10.9. The van der Waals surface area contributed by atoms with Gasteiger partial charge in [0.25, 0.3) is 0 Å². The zero-order valence-electron chi connectivity index (χ0n) is 23.1. The molecule has 10 atom stereocenters. The molecule has 0 amide bonds. The second kappa shape index (κ2) is 6.83. The molecule has 0 unspecified atom stereocenters. The van der Waals surface area contributed by atoms with E-state index in [1.165, 1.54) is 32.1 Å². The number of hydrogen-bond acceptors (Lipinski definition) is 4. The summed E-state index contributed by atoms with van der Waals surface area (Å²) < 4.78 is 6.88. The van der Waals surface area contributed by atoms with Gasteiger partial charge in [0, 0.05) is 24.2 Å². The van der Waals surface area contributed by atoms with E-state index in [9.17, 15) is 5.11 Å². The highest BCUT2D eigenvalue weighted by Gasteiger charge is 2.77. The first-order valence-electron chi connectivity index (χ1n) is 14.5. The van der Waals surface area contributed by atoms with Crippen molar-refractivity contribution >= 4 is 0 Å². The molecule has 4 nitrogen and oxygen atoms in total. The van der Waals surface area contributed by atoms with Gasteiger partial charge in [-0.25, -0.2) is 0 Å². The predicted molar refractivity (Wildman–Crippen MR) is 132 cm³/mol. The van der Waals surface area contributed by atoms with Crippen molar-refractivity contribution < 1.29 is 19.6 Å². The number of rotatable bonds is 1. The van der Waals surface area contributed by atoms with Gasteiger partial charge in [0.1, 0.15) is 0 Å². The van der Waals surface area contributed by atoms with Gasteiger partial charge in [0.2, 0.25) is 11.6 Å². The van der Waals surface area contributed by atoms with Crippen molar-refractivity contribution in [2.75, 3.05) is 0 Å². The molecule has 194 valence electrons. The second-order valence-corrected chi connectivity index (χ2v) is 15.4. The van der Waals surface area contributed by atoms with Gasteiger partial charge >= 0.3 is 0 Å². The number of hydrogen-bond donors (Lipinski definition) is 1. The fraction of sp³-hybridized carbons (Fsp3) is 1.00. The number of aliphatic hydroxyl groups is 1. The molecule has 4 heteroatoms. The van der Waals surface area contributed by atoms with Crippen LogP contribution in [0.1, 0.15) is 120 Å². The van der Waals surface area contributed by atoms with Gasteiger partial charge in [0.15, 0.2) is 0 Å². The molecule has 2 bridgehead atoms. The van der Waals surface area contributed by atoms with Crippen LogP contribution in [0.4, 0.5) is 0 Å². The predicted octanol–water partition coefficient (Wildman–Crippen LogP) is 7.24. The third-order valence-corrected chi connectivity index (χ3v) is 14.0. The quantitative estimate of drug-likeness (QED) is 0.407. The van der Waals surface area contributed by atoms with Crippen LogP contribution in [0.5, 0.6) is 0 Å². The first-order valence-corrected chi connectivity index (χ1v) is 14.5. The highest BCUT2D eigenvalue weighted by atomic mass is 17.3. The van der Waals surface area contributed by atoms with E-state index in [-0.39, 0.29) is 22.3 Å². The van der Waals surface area contributed by atoms with Gasteiger partial charge in [0.05, 0.1) is 6.10 Å². The van der Waals surface area contributed by atoms with Crippen molar-refractivity contribution in [3.63, 3.8) is 0 Å². The fourth-order valence-corrected chi connectivity index (χ4v) is 11.5. The van der Waals surface area contributed by atoms with Crippen LogP contribution in [-0.2, 0) is 14.5 Å². The third-order valence-electron chi connectivity index (χ3n) is 14.0. The molecular formula is C30H50O4. The smallest absolute Gasteiger partial charge is 0.210 e. The Morgan fingerprint density at radius 1 is 0.647 bits per heavy atom. The highest BCUT2D eigenvalue weighted by molar-refractivity contribution is 5.20. The Morgan fingerprint density at radius 2 is 1.29 bits per heavy atom. The monoisotopic (exact) mass is 474 g/mol. The van der Waals surface area contributed by atoms with Crippen molar-refractivity contribution in [1.82, 2.24) is 0 Å².